The Balaban J connectivity index is 1.63. The van der Waals surface area contributed by atoms with E-state index in [1.54, 1.807) is 12.1 Å². The number of nitrogens with two attached hydrogens (primary N) is 1. The molecule has 1 fully saturated rings. The largest absolute Gasteiger partial charge is 0.346 e. The predicted octanol–water partition coefficient (Wildman–Crippen LogP) is 3.29. The third kappa shape index (κ3) is 3.65. The Hall–Kier alpha value is -1.79. The number of nitrogens with one attached hydrogen (secondary N) is 1. The van der Waals surface area contributed by atoms with Gasteiger partial charge in [0.25, 0.3) is 0 Å². The minimum absolute atomic E-state index is 0.0632. The van der Waals surface area contributed by atoms with E-state index in [2.05, 4.69) is 24.1 Å². The molecule has 3 N–H and O–H groups in total. The van der Waals surface area contributed by atoms with E-state index < -0.39 is 0 Å². The molecule has 0 aliphatic heterocycles. The number of carbonyl (C=O) groups is 1. The average molecular weight is 347 g/mol. The van der Waals surface area contributed by atoms with E-state index in [9.17, 15) is 9.18 Å². The third-order valence-corrected chi connectivity index (χ3v) is 5.43. The molecule has 1 aromatic heterocycles. The van der Waals surface area contributed by atoms with Gasteiger partial charge in [-0.05, 0) is 36.5 Å². The number of halogens is 1. The summed E-state index contributed by atoms with van der Waals surface area (Å²) in [5.74, 6) is -0.0183. The van der Waals surface area contributed by atoms with Crippen LogP contribution in [0, 0.1) is 11.7 Å². The number of hydrogen-bond acceptors (Lipinski definition) is 4. The third-order valence-electron chi connectivity index (χ3n) is 4.44. The summed E-state index contributed by atoms with van der Waals surface area (Å²) in [7, 11) is 0. The number of rotatable bonds is 6. The minimum Gasteiger partial charge on any atom is -0.346 e. The second-order valence-corrected chi connectivity index (χ2v) is 7.65. The number of carbonyl (C=O) groups excluding carboxylic acids is 1. The van der Waals surface area contributed by atoms with E-state index in [1.807, 2.05) is 5.38 Å². The Morgan fingerprint density at radius 3 is 2.62 bits per heavy atom. The van der Waals surface area contributed by atoms with Gasteiger partial charge in [0, 0.05) is 5.38 Å². The lowest BCUT2D eigenvalue weighted by molar-refractivity contribution is -0.121. The van der Waals surface area contributed by atoms with Gasteiger partial charge < -0.3 is 11.1 Å². The minimum atomic E-state index is -0.335. The fourth-order valence-electron chi connectivity index (χ4n) is 2.70. The van der Waals surface area contributed by atoms with Crippen molar-refractivity contribution in [1.29, 1.82) is 0 Å². The molecular weight excluding hydrogens is 325 g/mol. The molecule has 1 unspecified atom stereocenters. The molecule has 3 rings (SSSR count). The smallest absolute Gasteiger partial charge is 0.226 e. The zero-order valence-corrected chi connectivity index (χ0v) is 14.7. The van der Waals surface area contributed by atoms with Crippen LogP contribution in [0.5, 0.6) is 0 Å². The van der Waals surface area contributed by atoms with Crippen molar-refractivity contribution in [1.82, 2.24) is 10.3 Å². The Bertz CT molecular complexity index is 722. The maximum Gasteiger partial charge on any atom is 0.226 e. The summed E-state index contributed by atoms with van der Waals surface area (Å²) >= 11 is 1.50. The molecule has 1 saturated carbocycles. The van der Waals surface area contributed by atoms with Gasteiger partial charge >= 0.3 is 0 Å². The molecule has 0 radical (unpaired) electrons. The lowest BCUT2D eigenvalue weighted by Crippen LogP contribution is -2.36. The first kappa shape index (κ1) is 17.0. The Morgan fingerprint density at radius 1 is 1.38 bits per heavy atom. The van der Waals surface area contributed by atoms with E-state index in [1.165, 1.54) is 23.5 Å². The molecule has 0 bridgehead atoms. The van der Waals surface area contributed by atoms with Gasteiger partial charge in [0.15, 0.2) is 0 Å². The Kier molecular flexibility index (Phi) is 4.69. The Morgan fingerprint density at radius 2 is 2.04 bits per heavy atom. The second-order valence-electron chi connectivity index (χ2n) is 6.76. The number of nitrogens with zero attached hydrogens (tertiary/aromatic N) is 1. The summed E-state index contributed by atoms with van der Waals surface area (Å²) in [6.45, 7) is 4.11. The molecule has 1 aromatic carbocycles. The molecule has 0 saturated heterocycles. The van der Waals surface area contributed by atoms with Crippen LogP contribution in [0.15, 0.2) is 29.6 Å². The van der Waals surface area contributed by atoms with Crippen molar-refractivity contribution < 1.29 is 9.18 Å². The molecule has 1 amide bonds. The summed E-state index contributed by atoms with van der Waals surface area (Å²) in [6, 6.07) is 6.25. The fraction of sp³-hybridized carbons (Fsp3) is 0.444. The quantitative estimate of drug-likeness (QED) is 0.842. The summed E-state index contributed by atoms with van der Waals surface area (Å²) in [4.78, 5) is 16.9. The van der Waals surface area contributed by atoms with Crippen molar-refractivity contribution in [2.75, 3.05) is 0 Å². The number of benzene rings is 1. The first-order valence-electron chi connectivity index (χ1n) is 8.16. The number of amides is 1. The van der Waals surface area contributed by atoms with Gasteiger partial charge in [0.1, 0.15) is 10.8 Å². The van der Waals surface area contributed by atoms with Crippen LogP contribution in [0.4, 0.5) is 4.39 Å². The van der Waals surface area contributed by atoms with Crippen LogP contribution >= 0.6 is 11.3 Å². The molecule has 2 aromatic rings. The normalized spacial score (nSPS) is 16.9. The van der Waals surface area contributed by atoms with Crippen molar-refractivity contribution >= 4 is 17.2 Å². The highest BCUT2D eigenvalue weighted by Gasteiger charge is 2.45. The molecular formula is C18H22FN3OS. The molecule has 1 aliphatic rings. The maximum atomic E-state index is 13.1. The second kappa shape index (κ2) is 6.61. The number of aromatic nitrogens is 1. The number of hydrogen-bond donors (Lipinski definition) is 2. The SMILES string of the molecule is CC(C)C(N)c1nc(CC(=O)NC2(c3ccc(F)cc3)CC2)cs1. The summed E-state index contributed by atoms with van der Waals surface area (Å²) < 4.78 is 13.1. The summed E-state index contributed by atoms with van der Waals surface area (Å²) in [5.41, 5.74) is 7.47. The van der Waals surface area contributed by atoms with Crippen molar-refractivity contribution in [2.45, 2.75) is 44.7 Å². The number of thiazole rings is 1. The van der Waals surface area contributed by atoms with Gasteiger partial charge in [-0.15, -0.1) is 11.3 Å². The van der Waals surface area contributed by atoms with Gasteiger partial charge in [0.2, 0.25) is 5.91 Å². The average Bonchev–Trinajstić information content (AvgIpc) is 3.16. The highest BCUT2D eigenvalue weighted by Crippen LogP contribution is 2.45. The fourth-order valence-corrected chi connectivity index (χ4v) is 3.69. The van der Waals surface area contributed by atoms with Crippen molar-refractivity contribution in [3.05, 3.63) is 51.7 Å². The van der Waals surface area contributed by atoms with Gasteiger partial charge in [0.05, 0.1) is 23.7 Å². The standard InChI is InChI=1S/C18H22FN3OS/c1-11(2)16(20)17-21-14(10-24-17)9-15(23)22-18(7-8-18)12-3-5-13(19)6-4-12/h3-6,10-11,16H,7-9,20H2,1-2H3,(H,22,23). The molecule has 1 aliphatic carbocycles. The van der Waals surface area contributed by atoms with Crippen LogP contribution in [0.3, 0.4) is 0 Å². The van der Waals surface area contributed by atoms with Crippen LogP contribution < -0.4 is 11.1 Å². The summed E-state index contributed by atoms with van der Waals surface area (Å²) in [5, 5.41) is 5.85. The highest BCUT2D eigenvalue weighted by molar-refractivity contribution is 7.09. The topological polar surface area (TPSA) is 68.0 Å². The van der Waals surface area contributed by atoms with Gasteiger partial charge in [-0.1, -0.05) is 26.0 Å². The van der Waals surface area contributed by atoms with Crippen LogP contribution in [0.25, 0.3) is 0 Å². The zero-order valence-electron chi connectivity index (χ0n) is 13.9. The van der Waals surface area contributed by atoms with E-state index >= 15 is 0 Å². The predicted molar refractivity (Wildman–Crippen MR) is 93.0 cm³/mol. The summed E-state index contributed by atoms with van der Waals surface area (Å²) in [6.07, 6.45) is 2.00. The molecule has 4 nitrogen and oxygen atoms in total. The monoisotopic (exact) mass is 347 g/mol. The first-order chi connectivity index (χ1) is 11.4. The lowest BCUT2D eigenvalue weighted by atomic mass is 10.0. The molecule has 6 heteroatoms. The van der Waals surface area contributed by atoms with Crippen molar-refractivity contribution in [3.8, 4) is 0 Å². The van der Waals surface area contributed by atoms with Crippen LogP contribution in [0.1, 0.15) is 49.0 Å². The molecule has 1 heterocycles. The highest BCUT2D eigenvalue weighted by atomic mass is 32.1. The van der Waals surface area contributed by atoms with Crippen molar-refractivity contribution in [3.63, 3.8) is 0 Å². The van der Waals surface area contributed by atoms with Gasteiger partial charge in [-0.3, -0.25) is 4.79 Å². The maximum absolute atomic E-state index is 13.1. The van der Waals surface area contributed by atoms with E-state index in [0.717, 1.165) is 29.1 Å². The van der Waals surface area contributed by atoms with E-state index in [0.29, 0.717) is 5.92 Å². The van der Waals surface area contributed by atoms with Crippen LogP contribution in [-0.2, 0) is 16.8 Å². The molecule has 1 atom stereocenters. The zero-order chi connectivity index (χ0) is 17.3. The van der Waals surface area contributed by atoms with E-state index in [4.69, 9.17) is 5.73 Å². The Labute approximate surface area is 145 Å². The van der Waals surface area contributed by atoms with Gasteiger partial charge in [-0.2, -0.15) is 0 Å². The molecule has 24 heavy (non-hydrogen) atoms. The molecule has 0 spiro atoms. The lowest BCUT2D eigenvalue weighted by Gasteiger charge is -2.17. The van der Waals surface area contributed by atoms with Crippen LogP contribution in [-0.4, -0.2) is 10.9 Å². The van der Waals surface area contributed by atoms with E-state index in [-0.39, 0.29) is 29.7 Å². The van der Waals surface area contributed by atoms with Gasteiger partial charge in [-0.25, -0.2) is 9.37 Å². The first-order valence-corrected chi connectivity index (χ1v) is 9.04. The van der Waals surface area contributed by atoms with Crippen LogP contribution in [0.2, 0.25) is 0 Å². The molecule has 128 valence electrons. The van der Waals surface area contributed by atoms with Crippen molar-refractivity contribution in [2.24, 2.45) is 11.7 Å².